The Morgan fingerprint density at radius 2 is 1.83 bits per heavy atom. The molecule has 2 aromatic rings. The standard InChI is InChI=1S/C15H13IO2/c1-2-18-14-5-3-4-12(10-14)15(17)11-6-8-13(16)9-7-11/h3-10H,2H2,1H3. The molecule has 0 aliphatic rings. The lowest BCUT2D eigenvalue weighted by Gasteiger charge is -2.05. The molecule has 0 unspecified atom stereocenters. The summed E-state index contributed by atoms with van der Waals surface area (Å²) in [6.07, 6.45) is 0. The molecule has 0 saturated carbocycles. The Morgan fingerprint density at radius 3 is 2.50 bits per heavy atom. The molecule has 0 amide bonds. The Bertz CT molecular complexity index is 547. The average Bonchev–Trinajstić information content (AvgIpc) is 2.39. The summed E-state index contributed by atoms with van der Waals surface area (Å²) in [7, 11) is 0. The van der Waals surface area contributed by atoms with Crippen molar-refractivity contribution in [2.24, 2.45) is 0 Å². The maximum atomic E-state index is 12.3. The summed E-state index contributed by atoms with van der Waals surface area (Å²) in [5, 5.41) is 0. The first-order valence-corrected chi connectivity index (χ1v) is 6.81. The normalized spacial score (nSPS) is 10.1. The smallest absolute Gasteiger partial charge is 0.193 e. The topological polar surface area (TPSA) is 26.3 Å². The number of halogens is 1. The largest absolute Gasteiger partial charge is 0.494 e. The molecule has 0 heterocycles. The van der Waals surface area contributed by atoms with E-state index in [2.05, 4.69) is 22.6 Å². The molecule has 0 spiro atoms. The van der Waals surface area contributed by atoms with Crippen molar-refractivity contribution < 1.29 is 9.53 Å². The van der Waals surface area contributed by atoms with E-state index in [0.29, 0.717) is 17.7 Å². The Hall–Kier alpha value is -1.36. The van der Waals surface area contributed by atoms with Crippen molar-refractivity contribution in [2.75, 3.05) is 6.61 Å². The van der Waals surface area contributed by atoms with Crippen LogP contribution < -0.4 is 4.74 Å². The van der Waals surface area contributed by atoms with Gasteiger partial charge >= 0.3 is 0 Å². The maximum Gasteiger partial charge on any atom is 0.193 e. The Kier molecular flexibility index (Phi) is 4.36. The zero-order valence-electron chi connectivity index (χ0n) is 10.0. The van der Waals surface area contributed by atoms with Gasteiger partial charge in [-0.15, -0.1) is 0 Å². The second kappa shape index (κ2) is 6.00. The van der Waals surface area contributed by atoms with Gasteiger partial charge < -0.3 is 4.74 Å². The summed E-state index contributed by atoms with van der Waals surface area (Å²) in [5.41, 5.74) is 1.35. The van der Waals surface area contributed by atoms with Crippen molar-refractivity contribution in [1.29, 1.82) is 0 Å². The molecule has 2 nitrogen and oxygen atoms in total. The van der Waals surface area contributed by atoms with E-state index in [1.807, 2.05) is 49.4 Å². The maximum absolute atomic E-state index is 12.3. The molecule has 0 saturated heterocycles. The zero-order valence-corrected chi connectivity index (χ0v) is 12.2. The minimum atomic E-state index is 0.0213. The quantitative estimate of drug-likeness (QED) is 0.616. The molecule has 2 rings (SSSR count). The van der Waals surface area contributed by atoms with Crippen LogP contribution >= 0.6 is 22.6 Å². The fourth-order valence-electron chi connectivity index (χ4n) is 1.66. The van der Waals surface area contributed by atoms with E-state index in [0.717, 1.165) is 9.32 Å². The van der Waals surface area contributed by atoms with Crippen LogP contribution in [-0.4, -0.2) is 12.4 Å². The predicted octanol–water partition coefficient (Wildman–Crippen LogP) is 3.92. The molecule has 0 aliphatic carbocycles. The molecule has 18 heavy (non-hydrogen) atoms. The van der Waals surface area contributed by atoms with Gasteiger partial charge in [-0.3, -0.25) is 4.79 Å². The van der Waals surface area contributed by atoms with Crippen LogP contribution in [-0.2, 0) is 0 Å². The van der Waals surface area contributed by atoms with Crippen molar-refractivity contribution in [3.63, 3.8) is 0 Å². The average molecular weight is 352 g/mol. The molecule has 3 heteroatoms. The van der Waals surface area contributed by atoms with E-state index in [9.17, 15) is 4.79 Å². The number of ether oxygens (including phenoxy) is 1. The van der Waals surface area contributed by atoms with Gasteiger partial charge in [-0.05, 0) is 65.9 Å². The minimum Gasteiger partial charge on any atom is -0.494 e. The van der Waals surface area contributed by atoms with E-state index in [-0.39, 0.29) is 5.78 Å². The molecule has 0 aliphatic heterocycles. The molecular formula is C15H13IO2. The second-order valence-electron chi connectivity index (χ2n) is 3.80. The molecule has 2 aromatic carbocycles. The SMILES string of the molecule is CCOc1cccc(C(=O)c2ccc(I)cc2)c1. The number of benzene rings is 2. The van der Waals surface area contributed by atoms with Gasteiger partial charge in [-0.1, -0.05) is 12.1 Å². The summed E-state index contributed by atoms with van der Waals surface area (Å²) in [6, 6.07) is 14.8. The zero-order chi connectivity index (χ0) is 13.0. The predicted molar refractivity (Wildman–Crippen MR) is 80.2 cm³/mol. The van der Waals surface area contributed by atoms with Crippen LogP contribution in [0.1, 0.15) is 22.8 Å². The molecular weight excluding hydrogens is 339 g/mol. The first-order chi connectivity index (χ1) is 8.70. The third-order valence-electron chi connectivity index (χ3n) is 2.51. The van der Waals surface area contributed by atoms with Crippen molar-refractivity contribution in [3.05, 3.63) is 63.2 Å². The molecule has 0 N–H and O–H groups in total. The van der Waals surface area contributed by atoms with Crippen LogP contribution in [0.2, 0.25) is 0 Å². The fourth-order valence-corrected chi connectivity index (χ4v) is 2.02. The van der Waals surface area contributed by atoms with Gasteiger partial charge in [0.15, 0.2) is 5.78 Å². The van der Waals surface area contributed by atoms with Crippen LogP contribution in [0.4, 0.5) is 0 Å². The van der Waals surface area contributed by atoms with Crippen molar-refractivity contribution >= 4 is 28.4 Å². The number of hydrogen-bond donors (Lipinski definition) is 0. The molecule has 0 bridgehead atoms. The second-order valence-corrected chi connectivity index (χ2v) is 5.04. The third-order valence-corrected chi connectivity index (χ3v) is 3.23. The number of ketones is 1. The van der Waals surface area contributed by atoms with Gasteiger partial charge in [0.1, 0.15) is 5.75 Å². The van der Waals surface area contributed by atoms with Crippen LogP contribution in [0.3, 0.4) is 0 Å². The molecule has 0 aromatic heterocycles. The van der Waals surface area contributed by atoms with Gasteiger partial charge in [0.2, 0.25) is 0 Å². The molecule has 0 atom stereocenters. The lowest BCUT2D eigenvalue weighted by Crippen LogP contribution is -2.02. The van der Waals surface area contributed by atoms with E-state index in [4.69, 9.17) is 4.74 Å². The summed E-state index contributed by atoms with van der Waals surface area (Å²) < 4.78 is 6.52. The number of hydrogen-bond acceptors (Lipinski definition) is 2. The summed E-state index contributed by atoms with van der Waals surface area (Å²) in [4.78, 5) is 12.3. The Morgan fingerprint density at radius 1 is 1.11 bits per heavy atom. The van der Waals surface area contributed by atoms with Crippen LogP contribution in [0.25, 0.3) is 0 Å². The monoisotopic (exact) mass is 352 g/mol. The Balaban J connectivity index is 2.28. The molecule has 0 radical (unpaired) electrons. The highest BCUT2D eigenvalue weighted by Gasteiger charge is 2.09. The lowest BCUT2D eigenvalue weighted by atomic mass is 10.0. The first kappa shape index (κ1) is 13.1. The van der Waals surface area contributed by atoms with E-state index in [1.54, 1.807) is 6.07 Å². The van der Waals surface area contributed by atoms with Gasteiger partial charge in [0.05, 0.1) is 6.61 Å². The van der Waals surface area contributed by atoms with Gasteiger partial charge in [-0.2, -0.15) is 0 Å². The number of carbonyl (C=O) groups is 1. The fraction of sp³-hybridized carbons (Fsp3) is 0.133. The highest BCUT2D eigenvalue weighted by molar-refractivity contribution is 14.1. The number of rotatable bonds is 4. The van der Waals surface area contributed by atoms with Crippen LogP contribution in [0.15, 0.2) is 48.5 Å². The van der Waals surface area contributed by atoms with Gasteiger partial charge in [0.25, 0.3) is 0 Å². The minimum absolute atomic E-state index is 0.0213. The molecule has 0 fully saturated rings. The highest BCUT2D eigenvalue weighted by atomic mass is 127. The summed E-state index contributed by atoms with van der Waals surface area (Å²) in [5.74, 6) is 0.752. The first-order valence-electron chi connectivity index (χ1n) is 5.74. The van der Waals surface area contributed by atoms with E-state index >= 15 is 0 Å². The van der Waals surface area contributed by atoms with Crippen LogP contribution in [0, 0.1) is 3.57 Å². The van der Waals surface area contributed by atoms with Gasteiger partial charge in [-0.25, -0.2) is 0 Å². The van der Waals surface area contributed by atoms with E-state index in [1.165, 1.54) is 0 Å². The summed E-state index contributed by atoms with van der Waals surface area (Å²) in [6.45, 7) is 2.52. The van der Waals surface area contributed by atoms with Gasteiger partial charge in [0, 0.05) is 14.7 Å². The van der Waals surface area contributed by atoms with E-state index < -0.39 is 0 Å². The van der Waals surface area contributed by atoms with Crippen molar-refractivity contribution in [1.82, 2.24) is 0 Å². The summed E-state index contributed by atoms with van der Waals surface area (Å²) >= 11 is 2.22. The third kappa shape index (κ3) is 3.10. The Labute approximate surface area is 120 Å². The highest BCUT2D eigenvalue weighted by Crippen LogP contribution is 2.17. The van der Waals surface area contributed by atoms with Crippen molar-refractivity contribution in [3.8, 4) is 5.75 Å². The van der Waals surface area contributed by atoms with Crippen molar-refractivity contribution in [2.45, 2.75) is 6.92 Å². The lowest BCUT2D eigenvalue weighted by molar-refractivity contribution is 0.103. The van der Waals surface area contributed by atoms with Crippen LogP contribution in [0.5, 0.6) is 5.75 Å². The number of carbonyl (C=O) groups excluding carboxylic acids is 1. The molecule has 92 valence electrons.